The van der Waals surface area contributed by atoms with Gasteiger partial charge in [-0.05, 0) is 51.4 Å². The highest BCUT2D eigenvalue weighted by Crippen LogP contribution is 2.26. The summed E-state index contributed by atoms with van der Waals surface area (Å²) in [5.74, 6) is -0.971. The van der Waals surface area contributed by atoms with E-state index in [4.69, 9.17) is 28.4 Å². The zero-order chi connectivity index (χ0) is 48.9. The molecule has 2 heterocycles. The third-order valence-electron chi connectivity index (χ3n) is 12.1. The van der Waals surface area contributed by atoms with Crippen LogP contribution in [0.25, 0.3) is 0 Å². The Morgan fingerprint density at radius 2 is 0.940 bits per heavy atom. The first-order valence-corrected chi connectivity index (χ1v) is 25.7. The van der Waals surface area contributed by atoms with Gasteiger partial charge in [-0.3, -0.25) is 9.59 Å². The smallest absolute Gasteiger partial charge is 0.306 e. The molecule has 67 heavy (non-hydrogen) atoms. The van der Waals surface area contributed by atoms with Crippen molar-refractivity contribution >= 4 is 11.9 Å². The molecule has 4 unspecified atom stereocenters. The van der Waals surface area contributed by atoms with Gasteiger partial charge in [0.15, 0.2) is 18.7 Å². The summed E-state index contributed by atoms with van der Waals surface area (Å²) in [7, 11) is 0. The molecular formula is C52H90O15. The van der Waals surface area contributed by atoms with Crippen molar-refractivity contribution in [3.63, 3.8) is 0 Å². The van der Waals surface area contributed by atoms with Gasteiger partial charge in [0.05, 0.1) is 19.8 Å². The topological polar surface area (TPSA) is 231 Å². The molecule has 2 fully saturated rings. The Hall–Kier alpha value is -2.54. The van der Waals surface area contributed by atoms with Crippen molar-refractivity contribution < 1.29 is 73.8 Å². The molecule has 0 bridgehead atoms. The normalized spacial score (nSPS) is 26.3. The maximum atomic E-state index is 13.0. The van der Waals surface area contributed by atoms with Gasteiger partial charge in [-0.15, -0.1) is 0 Å². The second-order valence-electron chi connectivity index (χ2n) is 18.0. The molecule has 2 rings (SSSR count). The number of carbonyl (C=O) groups excluding carboxylic acids is 2. The average Bonchev–Trinajstić information content (AvgIpc) is 3.32. The molecular weight excluding hydrogens is 865 g/mol. The molecule has 0 saturated carbocycles. The first-order valence-electron chi connectivity index (χ1n) is 25.7. The molecule has 0 aromatic rings. The summed E-state index contributed by atoms with van der Waals surface area (Å²) in [5, 5.41) is 72.1. The highest BCUT2D eigenvalue weighted by Gasteiger charge is 2.47. The molecule has 11 atom stereocenters. The van der Waals surface area contributed by atoms with Crippen LogP contribution < -0.4 is 0 Å². The van der Waals surface area contributed by atoms with E-state index in [2.05, 4.69) is 62.5 Å². The van der Waals surface area contributed by atoms with Gasteiger partial charge in [-0.1, -0.05) is 159 Å². The largest absolute Gasteiger partial charge is 0.462 e. The summed E-state index contributed by atoms with van der Waals surface area (Å²) < 4.78 is 33.5. The van der Waals surface area contributed by atoms with Gasteiger partial charge in [0, 0.05) is 12.8 Å². The van der Waals surface area contributed by atoms with Gasteiger partial charge in [0.1, 0.15) is 55.4 Å². The molecule has 0 aromatic heterocycles. The number of allylic oxidation sites excluding steroid dienone is 8. The fourth-order valence-electron chi connectivity index (χ4n) is 7.85. The fourth-order valence-corrected chi connectivity index (χ4v) is 7.85. The number of rotatable bonds is 39. The van der Waals surface area contributed by atoms with Crippen LogP contribution in [0.4, 0.5) is 0 Å². The first-order chi connectivity index (χ1) is 32.5. The lowest BCUT2D eigenvalue weighted by atomic mass is 9.98. The van der Waals surface area contributed by atoms with Gasteiger partial charge in [0.25, 0.3) is 0 Å². The standard InChI is InChI=1S/C52H90O15/c1-3-5-7-9-11-13-15-17-19-21-23-25-27-29-31-33-35-44(55)65-40(37-62-43(54)34-32-30-28-26-24-22-20-18-16-14-12-10-8-6-4-2)38-63-51-50(61)48(59)46(57)42(67-51)39-64-52-49(60)47(58)45(56)41(36-53)66-52/h6,8,12,14,18,20,24,26,40-42,45-53,56-61H,3-5,7,9-11,13,15-17,19,21-23,25,27-39H2,1-2H3/b8-6+,14-12+,20-18+,26-24+/t40-,41-,42-,45+,46+,47?,48?,49?,50?,51-,52-/m1/s1. The minimum atomic E-state index is -1.77. The summed E-state index contributed by atoms with van der Waals surface area (Å²) in [6.45, 7) is 2.43. The number of carbonyl (C=O) groups is 2. The Balaban J connectivity index is 1.83. The van der Waals surface area contributed by atoms with Gasteiger partial charge in [-0.2, -0.15) is 0 Å². The van der Waals surface area contributed by atoms with Crippen LogP contribution in [0.2, 0.25) is 0 Å². The molecule has 15 nitrogen and oxygen atoms in total. The second-order valence-corrected chi connectivity index (χ2v) is 18.0. The highest BCUT2D eigenvalue weighted by atomic mass is 16.7. The van der Waals surface area contributed by atoms with Crippen molar-refractivity contribution in [2.45, 2.75) is 242 Å². The quantitative estimate of drug-likeness (QED) is 0.0185. The lowest BCUT2D eigenvalue weighted by molar-refractivity contribution is -0.332. The van der Waals surface area contributed by atoms with Crippen molar-refractivity contribution in [3.8, 4) is 0 Å². The zero-order valence-corrected chi connectivity index (χ0v) is 40.9. The van der Waals surface area contributed by atoms with E-state index in [0.717, 1.165) is 57.8 Å². The summed E-state index contributed by atoms with van der Waals surface area (Å²) in [6, 6.07) is 0. The van der Waals surface area contributed by atoms with Gasteiger partial charge < -0.3 is 64.2 Å². The van der Waals surface area contributed by atoms with Crippen molar-refractivity contribution in [1.29, 1.82) is 0 Å². The van der Waals surface area contributed by atoms with Crippen LogP contribution in [-0.4, -0.2) is 142 Å². The lowest BCUT2D eigenvalue weighted by Gasteiger charge is -2.42. The zero-order valence-electron chi connectivity index (χ0n) is 40.9. The molecule has 2 aliphatic rings. The van der Waals surface area contributed by atoms with E-state index in [0.29, 0.717) is 12.8 Å². The number of aliphatic hydroxyl groups is 7. The minimum Gasteiger partial charge on any atom is -0.462 e. The molecule has 0 radical (unpaired) electrons. The summed E-state index contributed by atoms with van der Waals surface area (Å²) in [4.78, 5) is 25.7. The minimum absolute atomic E-state index is 0.158. The molecule has 388 valence electrons. The summed E-state index contributed by atoms with van der Waals surface area (Å²) >= 11 is 0. The Morgan fingerprint density at radius 3 is 1.48 bits per heavy atom. The highest BCUT2D eigenvalue weighted by molar-refractivity contribution is 5.70. The molecule has 0 aliphatic carbocycles. The Morgan fingerprint density at radius 1 is 0.493 bits per heavy atom. The van der Waals surface area contributed by atoms with E-state index in [9.17, 15) is 45.3 Å². The number of unbranched alkanes of at least 4 members (excludes halogenated alkanes) is 17. The van der Waals surface area contributed by atoms with E-state index in [1.54, 1.807) is 0 Å². The average molecular weight is 955 g/mol. The predicted molar refractivity (Wildman–Crippen MR) is 257 cm³/mol. The van der Waals surface area contributed by atoms with Crippen LogP contribution in [0.15, 0.2) is 48.6 Å². The second kappa shape index (κ2) is 39.2. The Kier molecular flexibility index (Phi) is 35.5. The predicted octanol–water partition coefficient (Wildman–Crippen LogP) is 7.10. The molecule has 15 heteroatoms. The SMILES string of the molecule is CC/C=C/C/C=C/C/C=C/C/C=C/CCCCC(=O)OC[C@H](CO[C@@H]1O[C@H](CO[C@@H]2O[C@H](CO)[C@H](O)C(O)C2O)[C@H](O)C(O)C1O)OC(=O)CCCCCCCCCCCCCCCCCC. The first kappa shape index (κ1) is 60.6. The lowest BCUT2D eigenvalue weighted by Crippen LogP contribution is -2.61. The van der Waals surface area contributed by atoms with E-state index < -0.39 is 99.3 Å². The molecule has 2 aliphatic heterocycles. The van der Waals surface area contributed by atoms with E-state index >= 15 is 0 Å². The van der Waals surface area contributed by atoms with Crippen molar-refractivity contribution in [2.75, 3.05) is 26.4 Å². The van der Waals surface area contributed by atoms with Crippen molar-refractivity contribution in [1.82, 2.24) is 0 Å². The molecule has 7 N–H and O–H groups in total. The van der Waals surface area contributed by atoms with E-state index in [1.807, 2.05) is 0 Å². The Labute approximate surface area is 401 Å². The maximum absolute atomic E-state index is 13.0. The molecule has 0 spiro atoms. The van der Waals surface area contributed by atoms with Crippen molar-refractivity contribution in [3.05, 3.63) is 48.6 Å². The molecule has 2 saturated heterocycles. The van der Waals surface area contributed by atoms with Crippen LogP contribution in [-0.2, 0) is 38.0 Å². The fraction of sp³-hybridized carbons (Fsp3) is 0.808. The van der Waals surface area contributed by atoms with Crippen LogP contribution in [0.5, 0.6) is 0 Å². The van der Waals surface area contributed by atoms with Crippen LogP contribution in [0.1, 0.15) is 174 Å². The number of hydrogen-bond donors (Lipinski definition) is 7. The van der Waals surface area contributed by atoms with Gasteiger partial charge >= 0.3 is 11.9 Å². The van der Waals surface area contributed by atoms with Crippen LogP contribution in [0.3, 0.4) is 0 Å². The van der Waals surface area contributed by atoms with E-state index in [1.165, 1.54) is 77.0 Å². The van der Waals surface area contributed by atoms with E-state index in [-0.39, 0.29) is 19.4 Å². The van der Waals surface area contributed by atoms with Crippen molar-refractivity contribution in [2.24, 2.45) is 0 Å². The number of hydrogen-bond acceptors (Lipinski definition) is 15. The summed E-state index contributed by atoms with van der Waals surface area (Å²) in [5.41, 5.74) is 0. The molecule has 0 amide bonds. The number of ether oxygens (including phenoxy) is 6. The maximum Gasteiger partial charge on any atom is 0.306 e. The van der Waals surface area contributed by atoms with Gasteiger partial charge in [-0.25, -0.2) is 0 Å². The number of aliphatic hydroxyl groups excluding tert-OH is 7. The van der Waals surface area contributed by atoms with Crippen LogP contribution >= 0.6 is 0 Å². The number of esters is 2. The van der Waals surface area contributed by atoms with Crippen LogP contribution in [0, 0.1) is 0 Å². The third kappa shape index (κ3) is 27.4. The Bertz CT molecular complexity index is 1350. The van der Waals surface area contributed by atoms with Gasteiger partial charge in [0.2, 0.25) is 0 Å². The molecule has 0 aromatic carbocycles. The summed E-state index contributed by atoms with van der Waals surface area (Å²) in [6.07, 6.45) is 25.7. The third-order valence-corrected chi connectivity index (χ3v) is 12.1. The monoisotopic (exact) mass is 955 g/mol.